The Morgan fingerprint density at radius 2 is 1.89 bits per heavy atom. The molecule has 5 rings (SSSR count). The van der Waals surface area contributed by atoms with E-state index < -0.39 is 0 Å². The van der Waals surface area contributed by atoms with Crippen molar-refractivity contribution in [2.45, 2.75) is 45.7 Å². The number of H-pyrrole nitrogens is 1. The maximum Gasteiger partial charge on any atom is 0.251 e. The van der Waals surface area contributed by atoms with Crippen LogP contribution in [0.15, 0.2) is 66.7 Å². The standard InChI is InChI=1S/C30H33N3O2/c1-21-9-11-22(12-10-21)6-4-5-16-31-30(35)25-8-3-2-7-23(25)19-33-17-15-26-27-18-24(34)13-14-28(27)32-29(26)20-33/h2-3,7-14,18,32,34H,4-6,15-17,19-20H2,1H3,(H,31,35). The van der Waals surface area contributed by atoms with Crippen molar-refractivity contribution in [1.82, 2.24) is 15.2 Å². The van der Waals surface area contributed by atoms with Crippen LogP contribution in [0.3, 0.4) is 0 Å². The Labute approximate surface area is 206 Å². The summed E-state index contributed by atoms with van der Waals surface area (Å²) < 4.78 is 0. The first-order valence-corrected chi connectivity index (χ1v) is 12.5. The number of aromatic hydroxyl groups is 1. The normalized spacial score (nSPS) is 13.6. The third-order valence-electron chi connectivity index (χ3n) is 6.99. The van der Waals surface area contributed by atoms with E-state index >= 15 is 0 Å². The molecule has 0 spiro atoms. The predicted octanol–water partition coefficient (Wildman–Crippen LogP) is 5.49. The molecule has 1 aliphatic rings. The maximum atomic E-state index is 13.0. The van der Waals surface area contributed by atoms with Crippen molar-refractivity contribution in [3.63, 3.8) is 0 Å². The van der Waals surface area contributed by atoms with E-state index in [0.29, 0.717) is 12.3 Å². The lowest BCUT2D eigenvalue weighted by Gasteiger charge is -2.27. The van der Waals surface area contributed by atoms with Gasteiger partial charge in [-0.2, -0.15) is 0 Å². The summed E-state index contributed by atoms with van der Waals surface area (Å²) in [5.74, 6) is 0.312. The number of phenolic OH excluding ortho intramolecular Hbond substituents is 1. The van der Waals surface area contributed by atoms with Gasteiger partial charge in [-0.3, -0.25) is 9.69 Å². The zero-order chi connectivity index (χ0) is 24.2. The molecule has 3 aromatic carbocycles. The van der Waals surface area contributed by atoms with Gasteiger partial charge in [0.1, 0.15) is 5.75 Å². The quantitative estimate of drug-likeness (QED) is 0.300. The Morgan fingerprint density at radius 1 is 1.06 bits per heavy atom. The largest absolute Gasteiger partial charge is 0.508 e. The number of rotatable bonds is 8. The van der Waals surface area contributed by atoms with Crippen LogP contribution in [0, 0.1) is 6.92 Å². The van der Waals surface area contributed by atoms with Gasteiger partial charge in [-0.1, -0.05) is 48.0 Å². The highest BCUT2D eigenvalue weighted by atomic mass is 16.3. The fourth-order valence-corrected chi connectivity index (χ4v) is 5.05. The Morgan fingerprint density at radius 3 is 2.74 bits per heavy atom. The molecular formula is C30H33N3O2. The summed E-state index contributed by atoms with van der Waals surface area (Å²) >= 11 is 0. The molecule has 35 heavy (non-hydrogen) atoms. The number of phenols is 1. The molecule has 0 radical (unpaired) electrons. The number of unbranched alkanes of at least 4 members (excludes halogenated alkanes) is 1. The topological polar surface area (TPSA) is 68.4 Å². The second kappa shape index (κ2) is 10.4. The Bertz CT molecular complexity index is 1320. The number of hydrogen-bond donors (Lipinski definition) is 3. The van der Waals surface area contributed by atoms with E-state index in [0.717, 1.165) is 67.3 Å². The van der Waals surface area contributed by atoms with Crippen LogP contribution < -0.4 is 5.32 Å². The fourth-order valence-electron chi connectivity index (χ4n) is 5.05. The van der Waals surface area contributed by atoms with Crippen molar-refractivity contribution in [3.8, 4) is 5.75 Å². The molecule has 1 aromatic heterocycles. The van der Waals surface area contributed by atoms with Crippen LogP contribution in [-0.2, 0) is 25.9 Å². The second-order valence-electron chi connectivity index (χ2n) is 9.63. The molecule has 0 bridgehead atoms. The molecule has 0 saturated carbocycles. The number of carbonyl (C=O) groups is 1. The van der Waals surface area contributed by atoms with Crippen molar-refractivity contribution < 1.29 is 9.90 Å². The van der Waals surface area contributed by atoms with Crippen molar-refractivity contribution in [3.05, 3.63) is 100 Å². The van der Waals surface area contributed by atoms with Gasteiger partial charge in [0.25, 0.3) is 5.91 Å². The van der Waals surface area contributed by atoms with E-state index in [2.05, 4.69) is 52.5 Å². The lowest BCUT2D eigenvalue weighted by Crippen LogP contribution is -2.31. The molecule has 1 amide bonds. The number of aromatic nitrogens is 1. The molecule has 0 unspecified atom stereocenters. The number of aromatic amines is 1. The minimum Gasteiger partial charge on any atom is -0.508 e. The number of nitrogens with one attached hydrogen (secondary N) is 2. The van der Waals surface area contributed by atoms with Crippen LogP contribution in [-0.4, -0.2) is 34.0 Å². The van der Waals surface area contributed by atoms with Gasteiger partial charge in [0.2, 0.25) is 0 Å². The van der Waals surface area contributed by atoms with Crippen molar-refractivity contribution in [2.24, 2.45) is 0 Å². The zero-order valence-electron chi connectivity index (χ0n) is 20.3. The van der Waals surface area contributed by atoms with Crippen molar-refractivity contribution >= 4 is 16.8 Å². The van der Waals surface area contributed by atoms with Gasteiger partial charge in [0.15, 0.2) is 0 Å². The number of fused-ring (bicyclic) bond motifs is 3. The SMILES string of the molecule is Cc1ccc(CCCCNC(=O)c2ccccc2CN2CCc3c([nH]c4ccc(O)cc34)C2)cc1. The minimum atomic E-state index is 0.00900. The highest BCUT2D eigenvalue weighted by molar-refractivity contribution is 5.95. The summed E-state index contributed by atoms with van der Waals surface area (Å²) in [4.78, 5) is 18.9. The predicted molar refractivity (Wildman–Crippen MR) is 141 cm³/mol. The summed E-state index contributed by atoms with van der Waals surface area (Å²) in [5, 5.41) is 14.1. The van der Waals surface area contributed by atoms with Gasteiger partial charge >= 0.3 is 0 Å². The van der Waals surface area contributed by atoms with Crippen molar-refractivity contribution in [2.75, 3.05) is 13.1 Å². The number of nitrogens with zero attached hydrogens (tertiary/aromatic N) is 1. The Hall–Kier alpha value is -3.57. The number of carbonyl (C=O) groups excluding carboxylic acids is 1. The highest BCUT2D eigenvalue weighted by Gasteiger charge is 2.22. The second-order valence-corrected chi connectivity index (χ2v) is 9.63. The first-order chi connectivity index (χ1) is 17.1. The van der Waals surface area contributed by atoms with E-state index in [1.165, 1.54) is 22.4 Å². The molecule has 180 valence electrons. The van der Waals surface area contributed by atoms with Crippen LogP contribution >= 0.6 is 0 Å². The summed E-state index contributed by atoms with van der Waals surface area (Å²) in [6.45, 7) is 5.25. The van der Waals surface area contributed by atoms with Gasteiger partial charge in [0, 0.05) is 48.3 Å². The van der Waals surface area contributed by atoms with Gasteiger partial charge in [-0.05, 0) is 73.6 Å². The maximum absolute atomic E-state index is 13.0. The van der Waals surface area contributed by atoms with E-state index in [1.807, 2.05) is 30.3 Å². The van der Waals surface area contributed by atoms with Gasteiger partial charge < -0.3 is 15.4 Å². The summed E-state index contributed by atoms with van der Waals surface area (Å²) in [7, 11) is 0. The first-order valence-electron chi connectivity index (χ1n) is 12.5. The van der Waals surface area contributed by atoms with E-state index in [-0.39, 0.29) is 5.91 Å². The molecule has 0 fully saturated rings. The highest BCUT2D eigenvalue weighted by Crippen LogP contribution is 2.30. The molecule has 2 heterocycles. The average Bonchev–Trinajstić information content (AvgIpc) is 3.22. The molecular weight excluding hydrogens is 434 g/mol. The Kier molecular flexibility index (Phi) is 6.87. The minimum absolute atomic E-state index is 0.00900. The van der Waals surface area contributed by atoms with Crippen LogP contribution in [0.25, 0.3) is 10.9 Å². The van der Waals surface area contributed by atoms with E-state index in [4.69, 9.17) is 0 Å². The molecule has 5 nitrogen and oxygen atoms in total. The third-order valence-corrected chi connectivity index (χ3v) is 6.99. The van der Waals surface area contributed by atoms with E-state index in [9.17, 15) is 9.90 Å². The summed E-state index contributed by atoms with van der Waals surface area (Å²) in [5.41, 5.74) is 8.02. The summed E-state index contributed by atoms with van der Waals surface area (Å²) in [6.07, 6.45) is 3.99. The third kappa shape index (κ3) is 5.41. The molecule has 4 aromatic rings. The number of amides is 1. The lowest BCUT2D eigenvalue weighted by atomic mass is 10.0. The van der Waals surface area contributed by atoms with E-state index in [1.54, 1.807) is 6.07 Å². The smallest absolute Gasteiger partial charge is 0.251 e. The molecule has 1 aliphatic heterocycles. The lowest BCUT2D eigenvalue weighted by molar-refractivity contribution is 0.0950. The molecule has 0 saturated heterocycles. The molecule has 3 N–H and O–H groups in total. The van der Waals surface area contributed by atoms with Gasteiger partial charge in [-0.25, -0.2) is 0 Å². The Balaban J connectivity index is 1.16. The number of aryl methyl sites for hydroxylation is 2. The van der Waals surface area contributed by atoms with Crippen LogP contribution in [0.1, 0.15) is 51.1 Å². The number of benzene rings is 3. The number of hydrogen-bond acceptors (Lipinski definition) is 3. The summed E-state index contributed by atoms with van der Waals surface area (Å²) in [6, 6.07) is 22.1. The first kappa shape index (κ1) is 23.2. The average molecular weight is 468 g/mol. The van der Waals surface area contributed by atoms with Crippen LogP contribution in [0.5, 0.6) is 5.75 Å². The fraction of sp³-hybridized carbons (Fsp3) is 0.300. The van der Waals surface area contributed by atoms with Crippen LogP contribution in [0.4, 0.5) is 0 Å². The molecule has 5 heteroatoms. The monoisotopic (exact) mass is 467 g/mol. The zero-order valence-corrected chi connectivity index (χ0v) is 20.3. The molecule has 0 atom stereocenters. The van der Waals surface area contributed by atoms with Gasteiger partial charge in [0.05, 0.1) is 0 Å². The van der Waals surface area contributed by atoms with Crippen LogP contribution in [0.2, 0.25) is 0 Å². The molecule has 0 aliphatic carbocycles. The van der Waals surface area contributed by atoms with Crippen molar-refractivity contribution in [1.29, 1.82) is 0 Å². The van der Waals surface area contributed by atoms with Gasteiger partial charge in [-0.15, -0.1) is 0 Å².